The molecule has 0 saturated carbocycles. The summed E-state index contributed by atoms with van der Waals surface area (Å²) in [5, 5.41) is 13.8. The minimum absolute atomic E-state index is 0.0545. The zero-order chi connectivity index (χ0) is 17.9. The molecule has 1 heterocycles. The van der Waals surface area contributed by atoms with E-state index in [2.05, 4.69) is 10.6 Å². The molecular weight excluding hydrogens is 324 g/mol. The molecule has 1 atom stereocenters. The Bertz CT molecular complexity index is 683. The van der Waals surface area contributed by atoms with Crippen LogP contribution in [0.1, 0.15) is 13.3 Å². The zero-order valence-corrected chi connectivity index (χ0v) is 12.9. The largest absolute Gasteiger partial charge is 0.481 e. The van der Waals surface area contributed by atoms with E-state index >= 15 is 0 Å². The van der Waals surface area contributed by atoms with Gasteiger partial charge in [0, 0.05) is 24.8 Å². The molecule has 3 amide bonds. The van der Waals surface area contributed by atoms with Gasteiger partial charge in [-0.05, 0) is 25.5 Å². The Morgan fingerprint density at radius 1 is 1.29 bits per heavy atom. The fraction of sp³-hybridized carbons (Fsp3) is 0.400. The highest BCUT2D eigenvalue weighted by atomic mass is 19.2. The number of carboxylic acids is 1. The average molecular weight is 341 g/mol. The Morgan fingerprint density at radius 3 is 2.58 bits per heavy atom. The number of carbonyl (C=O) groups is 3. The van der Waals surface area contributed by atoms with Crippen molar-refractivity contribution >= 4 is 23.6 Å². The number of hydrogen-bond donors (Lipinski definition) is 3. The van der Waals surface area contributed by atoms with Gasteiger partial charge in [-0.15, -0.1) is 0 Å². The summed E-state index contributed by atoms with van der Waals surface area (Å²) in [7, 11) is 0. The van der Waals surface area contributed by atoms with Crippen LogP contribution in [-0.4, -0.2) is 47.5 Å². The SMILES string of the molecule is CC1(C(=O)O)CCN(C(=O)NCC(=O)Nc2ccc(F)c(F)c2)C1. The highest BCUT2D eigenvalue weighted by Gasteiger charge is 2.42. The fourth-order valence-corrected chi connectivity index (χ4v) is 2.36. The van der Waals surface area contributed by atoms with Crippen LogP contribution in [0.15, 0.2) is 18.2 Å². The molecule has 1 fully saturated rings. The molecule has 7 nitrogen and oxygen atoms in total. The van der Waals surface area contributed by atoms with Gasteiger partial charge in [0.25, 0.3) is 0 Å². The number of carbonyl (C=O) groups excluding carboxylic acids is 2. The van der Waals surface area contributed by atoms with Crippen molar-refractivity contribution in [3.05, 3.63) is 29.8 Å². The summed E-state index contributed by atoms with van der Waals surface area (Å²) in [6, 6.07) is 2.34. The molecule has 0 bridgehead atoms. The maximum Gasteiger partial charge on any atom is 0.317 e. The minimum atomic E-state index is -1.10. The molecule has 0 spiro atoms. The van der Waals surface area contributed by atoms with E-state index in [9.17, 15) is 23.2 Å². The second kappa shape index (κ2) is 6.81. The van der Waals surface area contributed by atoms with Crippen LogP contribution in [0, 0.1) is 17.0 Å². The lowest BCUT2D eigenvalue weighted by atomic mass is 9.90. The number of carboxylic acid groups (broad SMARTS) is 1. The third-order valence-electron chi connectivity index (χ3n) is 3.88. The van der Waals surface area contributed by atoms with Crippen LogP contribution in [0.2, 0.25) is 0 Å². The van der Waals surface area contributed by atoms with Crippen LogP contribution in [-0.2, 0) is 9.59 Å². The fourth-order valence-electron chi connectivity index (χ4n) is 2.36. The highest BCUT2D eigenvalue weighted by molar-refractivity contribution is 5.94. The van der Waals surface area contributed by atoms with Crippen molar-refractivity contribution in [1.82, 2.24) is 10.2 Å². The normalized spacial score (nSPS) is 19.9. The second-order valence-electron chi connectivity index (χ2n) is 5.87. The van der Waals surface area contributed by atoms with Gasteiger partial charge in [-0.3, -0.25) is 9.59 Å². The molecule has 1 aromatic rings. The third-order valence-corrected chi connectivity index (χ3v) is 3.88. The maximum absolute atomic E-state index is 13.0. The summed E-state index contributed by atoms with van der Waals surface area (Å²) in [6.07, 6.45) is 0.330. The molecule has 2 rings (SSSR count). The molecule has 1 unspecified atom stereocenters. The van der Waals surface area contributed by atoms with E-state index in [0.717, 1.165) is 12.1 Å². The molecule has 130 valence electrons. The predicted molar refractivity (Wildman–Crippen MR) is 80.3 cm³/mol. The molecule has 0 aliphatic carbocycles. The summed E-state index contributed by atoms with van der Waals surface area (Å²) in [5.41, 5.74) is -0.932. The lowest BCUT2D eigenvalue weighted by molar-refractivity contribution is -0.147. The Kier molecular flexibility index (Phi) is 5.01. The summed E-state index contributed by atoms with van der Waals surface area (Å²) in [4.78, 5) is 36.1. The number of amides is 3. The van der Waals surface area contributed by atoms with Gasteiger partial charge in [-0.2, -0.15) is 0 Å². The molecule has 1 aliphatic rings. The number of aliphatic carboxylic acids is 1. The van der Waals surface area contributed by atoms with E-state index in [4.69, 9.17) is 5.11 Å². The topological polar surface area (TPSA) is 98.7 Å². The first-order valence-corrected chi connectivity index (χ1v) is 7.22. The molecule has 1 aromatic carbocycles. The van der Waals surface area contributed by atoms with Gasteiger partial charge in [-0.25, -0.2) is 13.6 Å². The highest BCUT2D eigenvalue weighted by Crippen LogP contribution is 2.29. The van der Waals surface area contributed by atoms with Crippen molar-refractivity contribution in [3.63, 3.8) is 0 Å². The van der Waals surface area contributed by atoms with Crippen LogP contribution >= 0.6 is 0 Å². The number of likely N-dealkylation sites (tertiary alicyclic amines) is 1. The van der Waals surface area contributed by atoms with Crippen LogP contribution in [0.25, 0.3) is 0 Å². The molecule has 9 heteroatoms. The number of hydrogen-bond acceptors (Lipinski definition) is 3. The predicted octanol–water partition coefficient (Wildman–Crippen LogP) is 1.41. The summed E-state index contributed by atoms with van der Waals surface area (Å²) in [5.74, 6) is -3.72. The van der Waals surface area contributed by atoms with Crippen LogP contribution in [0.3, 0.4) is 0 Å². The van der Waals surface area contributed by atoms with Gasteiger partial charge in [0.2, 0.25) is 5.91 Å². The van der Waals surface area contributed by atoms with E-state index in [1.54, 1.807) is 6.92 Å². The summed E-state index contributed by atoms with van der Waals surface area (Å²) < 4.78 is 25.8. The molecular formula is C15H17F2N3O4. The van der Waals surface area contributed by atoms with Crippen LogP contribution < -0.4 is 10.6 Å². The number of nitrogens with one attached hydrogen (secondary N) is 2. The van der Waals surface area contributed by atoms with Gasteiger partial charge < -0.3 is 20.6 Å². The number of nitrogens with zero attached hydrogens (tertiary/aromatic N) is 1. The van der Waals surface area contributed by atoms with Gasteiger partial charge >= 0.3 is 12.0 Å². The van der Waals surface area contributed by atoms with E-state index in [-0.39, 0.29) is 25.3 Å². The average Bonchev–Trinajstić information content (AvgIpc) is 2.93. The standard InChI is InChI=1S/C15H17F2N3O4/c1-15(13(22)23)4-5-20(8-15)14(24)18-7-12(21)19-9-2-3-10(16)11(17)6-9/h2-3,6H,4-5,7-8H2,1H3,(H,18,24)(H,19,21)(H,22,23). The first-order valence-electron chi connectivity index (χ1n) is 7.22. The minimum Gasteiger partial charge on any atom is -0.481 e. The van der Waals surface area contributed by atoms with Crippen molar-refractivity contribution in [2.45, 2.75) is 13.3 Å². The number of rotatable bonds is 4. The number of urea groups is 1. The van der Waals surface area contributed by atoms with Crippen molar-refractivity contribution in [2.24, 2.45) is 5.41 Å². The van der Waals surface area contributed by atoms with Crippen molar-refractivity contribution in [3.8, 4) is 0 Å². The van der Waals surface area contributed by atoms with Gasteiger partial charge in [0.05, 0.1) is 12.0 Å². The first-order chi connectivity index (χ1) is 11.2. The third kappa shape index (κ3) is 3.98. The molecule has 0 radical (unpaired) electrons. The van der Waals surface area contributed by atoms with E-state index < -0.39 is 35.0 Å². The van der Waals surface area contributed by atoms with Gasteiger partial charge in [0.1, 0.15) is 0 Å². The van der Waals surface area contributed by atoms with Gasteiger partial charge in [-0.1, -0.05) is 0 Å². The van der Waals surface area contributed by atoms with E-state index in [0.29, 0.717) is 6.42 Å². The number of anilines is 1. The van der Waals surface area contributed by atoms with Crippen molar-refractivity contribution in [2.75, 3.05) is 25.0 Å². The summed E-state index contributed by atoms with van der Waals surface area (Å²) in [6.45, 7) is 1.51. The smallest absolute Gasteiger partial charge is 0.317 e. The van der Waals surface area contributed by atoms with Crippen molar-refractivity contribution < 1.29 is 28.3 Å². The summed E-state index contributed by atoms with van der Waals surface area (Å²) >= 11 is 0. The molecule has 24 heavy (non-hydrogen) atoms. The molecule has 1 aliphatic heterocycles. The van der Waals surface area contributed by atoms with Crippen LogP contribution in [0.5, 0.6) is 0 Å². The molecule has 0 aromatic heterocycles. The Labute approximate surface area is 136 Å². The zero-order valence-electron chi connectivity index (χ0n) is 12.9. The Hall–Kier alpha value is -2.71. The van der Waals surface area contributed by atoms with E-state index in [1.165, 1.54) is 11.0 Å². The molecule has 1 saturated heterocycles. The lowest BCUT2D eigenvalue weighted by Gasteiger charge is -2.20. The second-order valence-corrected chi connectivity index (χ2v) is 5.87. The number of halogens is 2. The Balaban J connectivity index is 1.82. The number of benzene rings is 1. The quantitative estimate of drug-likeness (QED) is 0.771. The first kappa shape index (κ1) is 17.6. The Morgan fingerprint density at radius 2 is 2.00 bits per heavy atom. The maximum atomic E-state index is 13.0. The molecule has 3 N–H and O–H groups in total. The monoisotopic (exact) mass is 341 g/mol. The van der Waals surface area contributed by atoms with E-state index in [1.807, 2.05) is 0 Å². The lowest BCUT2D eigenvalue weighted by Crippen LogP contribution is -2.43. The van der Waals surface area contributed by atoms with Crippen molar-refractivity contribution in [1.29, 1.82) is 0 Å². The van der Waals surface area contributed by atoms with Gasteiger partial charge in [0.15, 0.2) is 11.6 Å². The van der Waals surface area contributed by atoms with Crippen LogP contribution in [0.4, 0.5) is 19.3 Å².